The third-order valence-electron chi connectivity index (χ3n) is 5.06. The molecule has 1 aliphatic rings. The Morgan fingerprint density at radius 3 is 2.77 bits per heavy atom. The Labute approximate surface area is 180 Å². The van der Waals surface area contributed by atoms with Crippen molar-refractivity contribution in [2.45, 2.75) is 38.6 Å². The minimum absolute atomic E-state index is 0.0647. The maximum atomic E-state index is 12.8. The Morgan fingerprint density at radius 2 is 2.06 bits per heavy atom. The van der Waals surface area contributed by atoms with Crippen molar-refractivity contribution in [2.24, 2.45) is 0 Å². The first-order chi connectivity index (χ1) is 15.0. The number of amidine groups is 1. The number of nitrogens with one attached hydrogen (secondary N) is 3. The molecule has 0 spiro atoms. The highest BCUT2D eigenvalue weighted by atomic mass is 16.1. The lowest BCUT2D eigenvalue weighted by molar-refractivity contribution is 0.102. The molecular formula is C22H24N8O. The van der Waals surface area contributed by atoms with Gasteiger partial charge in [-0.1, -0.05) is 6.07 Å². The van der Waals surface area contributed by atoms with Gasteiger partial charge in [0.1, 0.15) is 11.4 Å². The maximum Gasteiger partial charge on any atom is 0.274 e. The van der Waals surface area contributed by atoms with E-state index in [4.69, 9.17) is 10.8 Å². The third-order valence-corrected chi connectivity index (χ3v) is 5.06. The minimum Gasteiger partial charge on any atom is -0.319 e. The van der Waals surface area contributed by atoms with Crippen molar-refractivity contribution in [3.05, 3.63) is 66.3 Å². The van der Waals surface area contributed by atoms with Crippen LogP contribution in [0.2, 0.25) is 0 Å². The lowest BCUT2D eigenvalue weighted by Crippen LogP contribution is -2.36. The van der Waals surface area contributed by atoms with Crippen molar-refractivity contribution in [1.82, 2.24) is 24.4 Å². The lowest BCUT2D eigenvalue weighted by Gasteiger charge is -2.23. The number of carbonyl (C=O) groups excluding carboxylic acids is 1. The summed E-state index contributed by atoms with van der Waals surface area (Å²) in [5.74, 6) is 0.229. The van der Waals surface area contributed by atoms with Crippen LogP contribution >= 0.6 is 0 Å². The van der Waals surface area contributed by atoms with Crippen molar-refractivity contribution < 1.29 is 4.79 Å². The number of nitrogens with zero attached hydrogens (tertiary/aromatic N) is 5. The first-order valence-electron chi connectivity index (χ1n) is 10.1. The number of hydrogen-bond donors (Lipinski definition) is 3. The molecule has 0 radical (unpaired) electrons. The van der Waals surface area contributed by atoms with Crippen molar-refractivity contribution in [3.8, 4) is 5.69 Å². The van der Waals surface area contributed by atoms with Gasteiger partial charge in [0, 0.05) is 18.2 Å². The fourth-order valence-electron chi connectivity index (χ4n) is 3.20. The molecular weight excluding hydrogens is 392 g/mol. The van der Waals surface area contributed by atoms with E-state index in [0.717, 1.165) is 17.7 Å². The highest BCUT2D eigenvalue weighted by Crippen LogP contribution is 2.39. The second kappa shape index (κ2) is 8.47. The van der Waals surface area contributed by atoms with Crippen LogP contribution in [0.4, 0.5) is 5.69 Å². The van der Waals surface area contributed by atoms with E-state index in [1.807, 2.05) is 30.7 Å². The zero-order chi connectivity index (χ0) is 22.0. The molecule has 3 aromatic heterocycles. The largest absolute Gasteiger partial charge is 0.319 e. The van der Waals surface area contributed by atoms with Crippen molar-refractivity contribution in [3.63, 3.8) is 0 Å². The summed E-state index contributed by atoms with van der Waals surface area (Å²) < 4.78 is 1.90. The molecule has 3 aromatic rings. The predicted molar refractivity (Wildman–Crippen MR) is 118 cm³/mol. The quantitative estimate of drug-likeness (QED) is 0.402. The second-order valence-electron chi connectivity index (χ2n) is 7.75. The number of rotatable bonds is 7. The van der Waals surface area contributed by atoms with Crippen LogP contribution in [0.15, 0.2) is 49.2 Å². The second-order valence-corrected chi connectivity index (χ2v) is 7.75. The lowest BCUT2D eigenvalue weighted by atomic mass is 10.2. The minimum atomic E-state index is -0.399. The van der Waals surface area contributed by atoms with Gasteiger partial charge in [-0.2, -0.15) is 0 Å². The normalized spacial score (nSPS) is 13.1. The Kier molecular flexibility index (Phi) is 5.57. The average molecular weight is 416 g/mol. The summed E-state index contributed by atoms with van der Waals surface area (Å²) in [6, 6.07) is 6.67. The molecule has 3 heterocycles. The van der Waals surface area contributed by atoms with Gasteiger partial charge < -0.3 is 14.8 Å². The van der Waals surface area contributed by atoms with E-state index in [1.54, 1.807) is 36.9 Å². The van der Waals surface area contributed by atoms with Gasteiger partial charge in [-0.25, -0.2) is 9.97 Å². The van der Waals surface area contributed by atoms with Gasteiger partial charge in [0.05, 0.1) is 42.1 Å². The topological polar surface area (TPSA) is 124 Å². The van der Waals surface area contributed by atoms with Gasteiger partial charge in [-0.15, -0.1) is 0 Å². The SMILES string of the molecule is CC(C)N(C=N)C(=N)c1cccc(C(=O)Nc2cncc(-n3cnc(C4CC4)c3)c2)n1. The molecule has 0 aliphatic heterocycles. The highest BCUT2D eigenvalue weighted by Gasteiger charge is 2.25. The predicted octanol–water partition coefficient (Wildman–Crippen LogP) is 3.43. The fourth-order valence-corrected chi connectivity index (χ4v) is 3.20. The maximum absolute atomic E-state index is 12.8. The smallest absolute Gasteiger partial charge is 0.274 e. The fraction of sp³-hybridized carbons (Fsp3) is 0.273. The van der Waals surface area contributed by atoms with Crippen LogP contribution < -0.4 is 5.32 Å². The molecule has 1 saturated carbocycles. The van der Waals surface area contributed by atoms with Gasteiger partial charge in [-0.3, -0.25) is 20.6 Å². The molecule has 0 aromatic carbocycles. The first kappa shape index (κ1) is 20.4. The van der Waals surface area contributed by atoms with E-state index < -0.39 is 5.91 Å². The van der Waals surface area contributed by atoms with Gasteiger partial charge in [0.25, 0.3) is 5.91 Å². The number of pyridine rings is 2. The van der Waals surface area contributed by atoms with Gasteiger partial charge in [-0.05, 0) is 44.9 Å². The van der Waals surface area contributed by atoms with E-state index >= 15 is 0 Å². The van der Waals surface area contributed by atoms with Crippen LogP contribution in [0.25, 0.3) is 5.69 Å². The molecule has 4 rings (SSSR count). The molecule has 9 nitrogen and oxygen atoms in total. The molecule has 9 heteroatoms. The Balaban J connectivity index is 1.50. The average Bonchev–Trinajstić information content (AvgIpc) is 3.50. The third kappa shape index (κ3) is 4.50. The van der Waals surface area contributed by atoms with E-state index in [2.05, 4.69) is 20.3 Å². The monoisotopic (exact) mass is 416 g/mol. The van der Waals surface area contributed by atoms with Crippen LogP contribution in [0.3, 0.4) is 0 Å². The van der Waals surface area contributed by atoms with E-state index in [-0.39, 0.29) is 17.6 Å². The van der Waals surface area contributed by atoms with Gasteiger partial charge in [0.2, 0.25) is 0 Å². The number of anilines is 1. The Bertz CT molecular complexity index is 1130. The molecule has 0 atom stereocenters. The van der Waals surface area contributed by atoms with Crippen LogP contribution in [0.5, 0.6) is 0 Å². The van der Waals surface area contributed by atoms with Crippen LogP contribution in [0, 0.1) is 10.8 Å². The molecule has 31 heavy (non-hydrogen) atoms. The zero-order valence-electron chi connectivity index (χ0n) is 17.4. The van der Waals surface area contributed by atoms with Crippen LogP contribution in [-0.2, 0) is 0 Å². The van der Waals surface area contributed by atoms with Crippen molar-refractivity contribution in [1.29, 1.82) is 10.8 Å². The Hall–Kier alpha value is -3.88. The standard InChI is InChI=1S/C22H24N8O/c1-14(2)30(12-23)21(24)18-4-3-5-19(28-18)22(31)27-16-8-17(10-25-9-16)29-11-20(26-13-29)15-6-7-15/h3-5,8-15,23-24H,6-7H2,1-2H3,(H,27,31). The zero-order valence-corrected chi connectivity index (χ0v) is 17.4. The summed E-state index contributed by atoms with van der Waals surface area (Å²) >= 11 is 0. The molecule has 1 fully saturated rings. The number of carbonyl (C=O) groups is 1. The van der Waals surface area contributed by atoms with Crippen LogP contribution in [-0.4, -0.2) is 48.5 Å². The summed E-state index contributed by atoms with van der Waals surface area (Å²) in [5.41, 5.74) is 2.93. The molecule has 0 bridgehead atoms. The van der Waals surface area contributed by atoms with E-state index in [1.165, 1.54) is 17.7 Å². The molecule has 0 saturated heterocycles. The van der Waals surface area contributed by atoms with E-state index in [0.29, 0.717) is 17.3 Å². The summed E-state index contributed by atoms with van der Waals surface area (Å²) in [7, 11) is 0. The molecule has 1 amide bonds. The van der Waals surface area contributed by atoms with Gasteiger partial charge in [0.15, 0.2) is 5.84 Å². The van der Waals surface area contributed by atoms with Crippen LogP contribution in [0.1, 0.15) is 54.5 Å². The number of aromatic nitrogens is 4. The van der Waals surface area contributed by atoms with E-state index in [9.17, 15) is 4.79 Å². The summed E-state index contributed by atoms with van der Waals surface area (Å²) in [6.45, 7) is 3.76. The summed E-state index contributed by atoms with van der Waals surface area (Å²) in [5, 5.41) is 18.6. The highest BCUT2D eigenvalue weighted by molar-refractivity contribution is 6.05. The number of amides is 1. The Morgan fingerprint density at radius 1 is 1.29 bits per heavy atom. The summed E-state index contributed by atoms with van der Waals surface area (Å²) in [6.07, 6.45) is 10.5. The number of hydrogen-bond acceptors (Lipinski definition) is 6. The molecule has 158 valence electrons. The van der Waals surface area contributed by atoms with Crippen molar-refractivity contribution >= 4 is 23.8 Å². The molecule has 0 unspecified atom stereocenters. The summed E-state index contributed by atoms with van der Waals surface area (Å²) in [4.78, 5) is 27.2. The van der Waals surface area contributed by atoms with Gasteiger partial charge >= 0.3 is 0 Å². The van der Waals surface area contributed by atoms with Crippen molar-refractivity contribution in [2.75, 3.05) is 5.32 Å². The first-order valence-corrected chi connectivity index (χ1v) is 10.1. The molecule has 1 aliphatic carbocycles. The number of imidazole rings is 1. The molecule has 3 N–H and O–H groups in total.